The van der Waals surface area contributed by atoms with E-state index in [9.17, 15) is 9.59 Å². The summed E-state index contributed by atoms with van der Waals surface area (Å²) in [4.78, 5) is 26.5. The lowest BCUT2D eigenvalue weighted by molar-refractivity contribution is -0.135. The highest BCUT2D eigenvalue weighted by molar-refractivity contribution is 9.10. The molecule has 1 aromatic rings. The molecular formula is C16H20BrNO2. The first-order valence-electron chi connectivity index (χ1n) is 7.03. The van der Waals surface area contributed by atoms with Crippen LogP contribution in [0.3, 0.4) is 0 Å². The van der Waals surface area contributed by atoms with E-state index in [0.717, 1.165) is 22.1 Å². The molecule has 0 spiro atoms. The highest BCUT2D eigenvalue weighted by Gasteiger charge is 2.35. The van der Waals surface area contributed by atoms with E-state index in [4.69, 9.17) is 0 Å². The molecule has 0 aromatic heterocycles. The van der Waals surface area contributed by atoms with E-state index in [-0.39, 0.29) is 17.6 Å². The predicted molar refractivity (Wildman–Crippen MR) is 83.8 cm³/mol. The Hall–Kier alpha value is -1.16. The number of rotatable bonds is 3. The SMILES string of the molecule is Cc1cc(Br)ccc1N1CCC[C@@H](C(=O)C(C)C)C1=O. The molecule has 0 bridgehead atoms. The smallest absolute Gasteiger partial charge is 0.237 e. The van der Waals surface area contributed by atoms with Crippen LogP contribution in [-0.4, -0.2) is 18.2 Å². The molecule has 4 heteroatoms. The lowest BCUT2D eigenvalue weighted by Crippen LogP contribution is -2.45. The van der Waals surface area contributed by atoms with Gasteiger partial charge < -0.3 is 4.90 Å². The van der Waals surface area contributed by atoms with Crippen LogP contribution in [0.5, 0.6) is 0 Å². The number of Topliss-reactive ketones (excluding diaryl/α,β-unsaturated/α-hetero) is 1. The van der Waals surface area contributed by atoms with Crippen molar-refractivity contribution in [2.45, 2.75) is 33.6 Å². The van der Waals surface area contributed by atoms with E-state index in [1.807, 2.05) is 39.0 Å². The van der Waals surface area contributed by atoms with Gasteiger partial charge in [0, 0.05) is 22.6 Å². The highest BCUT2D eigenvalue weighted by atomic mass is 79.9. The number of carbonyl (C=O) groups excluding carboxylic acids is 2. The molecule has 1 aliphatic heterocycles. The molecule has 1 heterocycles. The number of carbonyl (C=O) groups is 2. The molecule has 108 valence electrons. The van der Waals surface area contributed by atoms with E-state index in [1.54, 1.807) is 4.90 Å². The van der Waals surface area contributed by atoms with Crippen molar-refractivity contribution >= 4 is 33.3 Å². The third-order valence-electron chi connectivity index (χ3n) is 3.80. The van der Waals surface area contributed by atoms with Gasteiger partial charge in [0.1, 0.15) is 5.78 Å². The van der Waals surface area contributed by atoms with Crippen molar-refractivity contribution in [2.24, 2.45) is 11.8 Å². The van der Waals surface area contributed by atoms with Gasteiger partial charge in [0.25, 0.3) is 0 Å². The summed E-state index contributed by atoms with van der Waals surface area (Å²) < 4.78 is 0.998. The molecule has 0 saturated carbocycles. The van der Waals surface area contributed by atoms with Crippen LogP contribution >= 0.6 is 15.9 Å². The number of halogens is 1. The monoisotopic (exact) mass is 337 g/mol. The normalized spacial score (nSPS) is 19.6. The van der Waals surface area contributed by atoms with Crippen molar-refractivity contribution in [3.05, 3.63) is 28.2 Å². The summed E-state index contributed by atoms with van der Waals surface area (Å²) in [5.41, 5.74) is 1.96. The molecule has 1 atom stereocenters. The molecule has 1 saturated heterocycles. The third-order valence-corrected chi connectivity index (χ3v) is 4.29. The Balaban J connectivity index is 2.28. The number of hydrogen-bond acceptors (Lipinski definition) is 2. The van der Waals surface area contributed by atoms with Crippen LogP contribution in [0, 0.1) is 18.8 Å². The van der Waals surface area contributed by atoms with E-state index >= 15 is 0 Å². The Labute approximate surface area is 128 Å². The minimum atomic E-state index is -0.466. The molecule has 0 unspecified atom stereocenters. The highest BCUT2D eigenvalue weighted by Crippen LogP contribution is 2.30. The van der Waals surface area contributed by atoms with Gasteiger partial charge in [0.05, 0.1) is 5.92 Å². The molecule has 2 rings (SSSR count). The maximum absolute atomic E-state index is 12.6. The summed E-state index contributed by atoms with van der Waals surface area (Å²) in [5.74, 6) is -0.531. The van der Waals surface area contributed by atoms with Crippen LogP contribution in [0.4, 0.5) is 5.69 Å². The maximum Gasteiger partial charge on any atom is 0.237 e. The Kier molecular flexibility index (Phi) is 4.63. The van der Waals surface area contributed by atoms with Crippen LogP contribution in [-0.2, 0) is 9.59 Å². The summed E-state index contributed by atoms with van der Waals surface area (Å²) in [5, 5.41) is 0. The second-order valence-electron chi connectivity index (χ2n) is 5.67. The molecule has 1 fully saturated rings. The number of benzene rings is 1. The quantitative estimate of drug-likeness (QED) is 0.788. The van der Waals surface area contributed by atoms with E-state index < -0.39 is 5.92 Å². The number of aryl methyl sites for hydroxylation is 1. The number of anilines is 1. The summed E-state index contributed by atoms with van der Waals surface area (Å²) in [6, 6.07) is 5.87. The number of nitrogens with zero attached hydrogens (tertiary/aromatic N) is 1. The minimum absolute atomic E-state index is 0.0413. The fourth-order valence-electron chi connectivity index (χ4n) is 2.70. The number of ketones is 1. The van der Waals surface area contributed by atoms with Gasteiger partial charge in [0.15, 0.2) is 0 Å². The zero-order valence-electron chi connectivity index (χ0n) is 12.1. The summed E-state index contributed by atoms with van der Waals surface area (Å²) >= 11 is 3.43. The van der Waals surface area contributed by atoms with Crippen molar-refractivity contribution in [1.29, 1.82) is 0 Å². The maximum atomic E-state index is 12.6. The van der Waals surface area contributed by atoms with Gasteiger partial charge in [-0.15, -0.1) is 0 Å². The zero-order chi connectivity index (χ0) is 14.9. The first-order valence-corrected chi connectivity index (χ1v) is 7.82. The second-order valence-corrected chi connectivity index (χ2v) is 6.59. The van der Waals surface area contributed by atoms with E-state index in [2.05, 4.69) is 15.9 Å². The van der Waals surface area contributed by atoms with Gasteiger partial charge in [-0.3, -0.25) is 9.59 Å². The van der Waals surface area contributed by atoms with Gasteiger partial charge in [-0.05, 0) is 43.5 Å². The van der Waals surface area contributed by atoms with Crippen molar-refractivity contribution in [2.75, 3.05) is 11.4 Å². The Morgan fingerprint density at radius 1 is 1.40 bits per heavy atom. The van der Waals surface area contributed by atoms with Gasteiger partial charge >= 0.3 is 0 Å². The standard InChI is InChI=1S/C16H20BrNO2/c1-10(2)15(19)13-5-4-8-18(16(13)20)14-7-6-12(17)9-11(14)3/h6-7,9-10,13H,4-5,8H2,1-3H3/t13-/m0/s1. The Morgan fingerprint density at radius 3 is 2.70 bits per heavy atom. The summed E-state index contributed by atoms with van der Waals surface area (Å²) in [6.45, 7) is 6.41. The lowest BCUT2D eigenvalue weighted by Gasteiger charge is -2.33. The first kappa shape index (κ1) is 15.2. The Morgan fingerprint density at radius 2 is 2.10 bits per heavy atom. The van der Waals surface area contributed by atoms with Crippen LogP contribution in [0.2, 0.25) is 0 Å². The van der Waals surface area contributed by atoms with E-state index in [0.29, 0.717) is 13.0 Å². The van der Waals surface area contributed by atoms with Crippen molar-refractivity contribution in [3.8, 4) is 0 Å². The molecular weight excluding hydrogens is 318 g/mol. The molecule has 1 aromatic carbocycles. The zero-order valence-corrected chi connectivity index (χ0v) is 13.7. The van der Waals surface area contributed by atoms with Crippen LogP contribution in [0.25, 0.3) is 0 Å². The summed E-state index contributed by atoms with van der Waals surface area (Å²) in [7, 11) is 0. The third kappa shape index (κ3) is 2.95. The van der Waals surface area contributed by atoms with Crippen molar-refractivity contribution in [3.63, 3.8) is 0 Å². The van der Waals surface area contributed by atoms with Gasteiger partial charge in [-0.2, -0.15) is 0 Å². The fraction of sp³-hybridized carbons (Fsp3) is 0.500. The topological polar surface area (TPSA) is 37.4 Å². The van der Waals surface area contributed by atoms with Gasteiger partial charge in [-0.25, -0.2) is 0 Å². The minimum Gasteiger partial charge on any atom is -0.312 e. The van der Waals surface area contributed by atoms with Crippen LogP contribution in [0.15, 0.2) is 22.7 Å². The van der Waals surface area contributed by atoms with Gasteiger partial charge in [-0.1, -0.05) is 29.8 Å². The largest absolute Gasteiger partial charge is 0.312 e. The molecule has 0 radical (unpaired) electrons. The molecule has 1 amide bonds. The predicted octanol–water partition coefficient (Wildman–Crippen LogP) is 3.73. The molecule has 0 N–H and O–H groups in total. The van der Waals surface area contributed by atoms with E-state index in [1.165, 1.54) is 0 Å². The Bertz CT molecular complexity index is 539. The van der Waals surface area contributed by atoms with Gasteiger partial charge in [0.2, 0.25) is 5.91 Å². The number of hydrogen-bond donors (Lipinski definition) is 0. The number of piperidine rings is 1. The molecule has 0 aliphatic carbocycles. The molecule has 20 heavy (non-hydrogen) atoms. The van der Waals surface area contributed by atoms with Crippen LogP contribution < -0.4 is 4.90 Å². The van der Waals surface area contributed by atoms with Crippen LogP contribution in [0.1, 0.15) is 32.3 Å². The summed E-state index contributed by atoms with van der Waals surface area (Å²) in [6.07, 6.45) is 1.56. The fourth-order valence-corrected chi connectivity index (χ4v) is 3.18. The molecule has 3 nitrogen and oxygen atoms in total. The van der Waals surface area contributed by atoms with Crippen molar-refractivity contribution in [1.82, 2.24) is 0 Å². The molecule has 1 aliphatic rings. The number of amides is 1. The average Bonchev–Trinajstić information content (AvgIpc) is 2.39. The second kappa shape index (κ2) is 6.08. The first-order chi connectivity index (χ1) is 9.41. The average molecular weight is 338 g/mol. The van der Waals surface area contributed by atoms with Crippen molar-refractivity contribution < 1.29 is 9.59 Å². The lowest BCUT2D eigenvalue weighted by atomic mass is 9.87.